The van der Waals surface area contributed by atoms with Gasteiger partial charge in [-0.2, -0.15) is 0 Å². The van der Waals surface area contributed by atoms with Crippen molar-refractivity contribution in [1.82, 2.24) is 15.1 Å². The van der Waals surface area contributed by atoms with E-state index in [1.54, 1.807) is 30.3 Å². The standard InChI is InChI=1S/C27H34N8O6/c1-33(26(39)18-7-3-2-4-8-18)17-23(36)34-16-6-10-22(34)25(38)32-21(9-5-15-30-27(28)29)24(37)31-19-11-13-20(14-12-19)35(40)41/h2-4,7-8,11-14,21-22H,5-6,9-10,15-17H2,1H3,(H,31,37)(H,32,38)(H4,28,29,30)/t21-,22-/m0/s1. The number of nitro benzene ring substituents is 1. The lowest BCUT2D eigenvalue weighted by atomic mass is 10.1. The summed E-state index contributed by atoms with van der Waals surface area (Å²) in [4.78, 5) is 69.2. The van der Waals surface area contributed by atoms with Crippen LogP contribution < -0.4 is 22.1 Å². The van der Waals surface area contributed by atoms with Crippen molar-refractivity contribution in [2.45, 2.75) is 37.8 Å². The van der Waals surface area contributed by atoms with E-state index < -0.39 is 28.8 Å². The van der Waals surface area contributed by atoms with Gasteiger partial charge in [-0.3, -0.25) is 34.3 Å². The number of likely N-dealkylation sites (tertiary alicyclic amines) is 1. The second kappa shape index (κ2) is 14.4. The van der Waals surface area contributed by atoms with Gasteiger partial charge in [-0.25, -0.2) is 0 Å². The molecular formula is C27H34N8O6. The first-order valence-electron chi connectivity index (χ1n) is 13.1. The molecular weight excluding hydrogens is 532 g/mol. The van der Waals surface area contributed by atoms with E-state index in [1.165, 1.54) is 41.1 Å². The maximum absolute atomic E-state index is 13.3. The van der Waals surface area contributed by atoms with Gasteiger partial charge in [0.2, 0.25) is 17.7 Å². The zero-order valence-corrected chi connectivity index (χ0v) is 22.7. The maximum Gasteiger partial charge on any atom is 0.269 e. The molecule has 0 radical (unpaired) electrons. The highest BCUT2D eigenvalue weighted by Gasteiger charge is 2.36. The van der Waals surface area contributed by atoms with Crippen LogP contribution in [0.25, 0.3) is 0 Å². The third-order valence-corrected chi connectivity index (χ3v) is 6.54. The number of rotatable bonds is 12. The molecule has 0 aromatic heterocycles. The van der Waals surface area contributed by atoms with Crippen LogP contribution in [0.1, 0.15) is 36.0 Å². The molecule has 0 unspecified atom stereocenters. The number of benzene rings is 2. The molecule has 1 aliphatic heterocycles. The quantitative estimate of drug-likeness (QED) is 0.0949. The summed E-state index contributed by atoms with van der Waals surface area (Å²) in [6, 6.07) is 12.0. The second-order valence-electron chi connectivity index (χ2n) is 9.58. The number of guanidine groups is 1. The van der Waals surface area contributed by atoms with E-state index in [1.807, 2.05) is 0 Å². The van der Waals surface area contributed by atoms with Crippen molar-refractivity contribution in [2.75, 3.05) is 32.0 Å². The minimum atomic E-state index is -0.994. The van der Waals surface area contributed by atoms with Crippen molar-refractivity contribution >= 4 is 41.0 Å². The highest BCUT2D eigenvalue weighted by atomic mass is 16.6. The summed E-state index contributed by atoms with van der Waals surface area (Å²) in [5.74, 6) is -1.84. The number of likely N-dealkylation sites (N-methyl/N-ethyl adjacent to an activating group) is 1. The summed E-state index contributed by atoms with van der Waals surface area (Å²) in [7, 11) is 1.52. The van der Waals surface area contributed by atoms with Gasteiger partial charge in [0.25, 0.3) is 11.6 Å². The molecule has 0 spiro atoms. The molecule has 6 N–H and O–H groups in total. The molecule has 1 fully saturated rings. The number of non-ortho nitro benzene ring substituents is 1. The van der Waals surface area contributed by atoms with Gasteiger partial charge in [0, 0.05) is 43.5 Å². The molecule has 2 aromatic carbocycles. The summed E-state index contributed by atoms with van der Waals surface area (Å²) >= 11 is 0. The summed E-state index contributed by atoms with van der Waals surface area (Å²) in [5, 5.41) is 16.3. The minimum Gasteiger partial charge on any atom is -0.370 e. The summed E-state index contributed by atoms with van der Waals surface area (Å²) in [5.41, 5.74) is 11.4. The number of nitrogens with two attached hydrogens (primary N) is 2. The van der Waals surface area contributed by atoms with Crippen LogP contribution in [0.15, 0.2) is 59.6 Å². The number of nitrogens with one attached hydrogen (secondary N) is 2. The van der Waals surface area contributed by atoms with Crippen molar-refractivity contribution in [3.05, 3.63) is 70.3 Å². The predicted octanol–water partition coefficient (Wildman–Crippen LogP) is 0.835. The number of amides is 4. The van der Waals surface area contributed by atoms with E-state index in [-0.39, 0.29) is 43.0 Å². The van der Waals surface area contributed by atoms with Crippen LogP contribution in [0.4, 0.5) is 11.4 Å². The maximum atomic E-state index is 13.3. The van der Waals surface area contributed by atoms with Gasteiger partial charge in [0.05, 0.1) is 11.5 Å². The van der Waals surface area contributed by atoms with E-state index in [0.29, 0.717) is 37.1 Å². The van der Waals surface area contributed by atoms with Gasteiger partial charge in [-0.05, 0) is 49.9 Å². The Labute approximate surface area is 236 Å². The summed E-state index contributed by atoms with van der Waals surface area (Å²) in [6.45, 7) is 0.365. The zero-order valence-electron chi connectivity index (χ0n) is 22.7. The number of nitro groups is 1. The second-order valence-corrected chi connectivity index (χ2v) is 9.58. The third-order valence-electron chi connectivity index (χ3n) is 6.54. The molecule has 0 saturated carbocycles. The van der Waals surface area contributed by atoms with Gasteiger partial charge < -0.3 is 31.9 Å². The summed E-state index contributed by atoms with van der Waals surface area (Å²) < 4.78 is 0. The Morgan fingerprint density at radius 2 is 1.80 bits per heavy atom. The molecule has 1 heterocycles. The van der Waals surface area contributed by atoms with E-state index in [4.69, 9.17) is 11.5 Å². The molecule has 14 heteroatoms. The molecule has 14 nitrogen and oxygen atoms in total. The fourth-order valence-electron chi connectivity index (χ4n) is 4.44. The topological polar surface area (TPSA) is 206 Å². The van der Waals surface area contributed by atoms with E-state index >= 15 is 0 Å². The van der Waals surface area contributed by atoms with Crippen LogP contribution in [0.3, 0.4) is 0 Å². The third kappa shape index (κ3) is 8.74. The van der Waals surface area contributed by atoms with Crippen LogP contribution in [0.5, 0.6) is 0 Å². The van der Waals surface area contributed by atoms with Crippen molar-refractivity contribution in [2.24, 2.45) is 16.5 Å². The number of aliphatic imine (C=N–C) groups is 1. The zero-order chi connectivity index (χ0) is 29.9. The number of hydrogen-bond donors (Lipinski definition) is 4. The Kier molecular flexibility index (Phi) is 10.7. The SMILES string of the molecule is CN(CC(=O)N1CCC[C@H]1C(=O)N[C@@H](CCCN=C(N)N)C(=O)Nc1ccc([N+](=O)[O-])cc1)C(=O)c1ccccc1. The van der Waals surface area contributed by atoms with Gasteiger partial charge in [0.15, 0.2) is 5.96 Å². The first-order valence-corrected chi connectivity index (χ1v) is 13.1. The molecule has 0 bridgehead atoms. The number of anilines is 1. The van der Waals surface area contributed by atoms with Crippen LogP contribution in [-0.2, 0) is 14.4 Å². The highest BCUT2D eigenvalue weighted by Crippen LogP contribution is 2.20. The molecule has 1 saturated heterocycles. The lowest BCUT2D eigenvalue weighted by Crippen LogP contribution is -2.53. The van der Waals surface area contributed by atoms with E-state index in [2.05, 4.69) is 15.6 Å². The predicted molar refractivity (Wildman–Crippen MR) is 152 cm³/mol. The monoisotopic (exact) mass is 566 g/mol. The molecule has 218 valence electrons. The molecule has 1 aliphatic rings. The molecule has 4 amide bonds. The number of carbonyl (C=O) groups is 4. The molecule has 0 aliphatic carbocycles. The number of carbonyl (C=O) groups excluding carboxylic acids is 4. The van der Waals surface area contributed by atoms with Gasteiger partial charge >= 0.3 is 0 Å². The van der Waals surface area contributed by atoms with Gasteiger partial charge in [0.1, 0.15) is 12.1 Å². The summed E-state index contributed by atoms with van der Waals surface area (Å²) in [6.07, 6.45) is 1.55. The fraction of sp³-hybridized carbons (Fsp3) is 0.370. The van der Waals surface area contributed by atoms with Gasteiger partial charge in [-0.15, -0.1) is 0 Å². The molecule has 2 aromatic rings. The van der Waals surface area contributed by atoms with E-state index in [9.17, 15) is 29.3 Å². The van der Waals surface area contributed by atoms with Crippen LogP contribution in [-0.4, -0.2) is 83.1 Å². The average molecular weight is 567 g/mol. The van der Waals surface area contributed by atoms with Gasteiger partial charge in [-0.1, -0.05) is 18.2 Å². The molecule has 3 rings (SSSR count). The average Bonchev–Trinajstić information content (AvgIpc) is 3.45. The number of hydrogen-bond acceptors (Lipinski definition) is 7. The first kappa shape index (κ1) is 30.5. The lowest BCUT2D eigenvalue weighted by molar-refractivity contribution is -0.384. The normalized spacial score (nSPS) is 15.0. The fourth-order valence-corrected chi connectivity index (χ4v) is 4.44. The minimum absolute atomic E-state index is 0.100. The van der Waals surface area contributed by atoms with Crippen molar-refractivity contribution < 1.29 is 24.1 Å². The van der Waals surface area contributed by atoms with Crippen molar-refractivity contribution in [3.63, 3.8) is 0 Å². The van der Waals surface area contributed by atoms with Crippen LogP contribution >= 0.6 is 0 Å². The Balaban J connectivity index is 1.66. The van der Waals surface area contributed by atoms with E-state index in [0.717, 1.165) is 0 Å². The Morgan fingerprint density at radius 3 is 2.44 bits per heavy atom. The largest absolute Gasteiger partial charge is 0.370 e. The smallest absolute Gasteiger partial charge is 0.269 e. The molecule has 41 heavy (non-hydrogen) atoms. The first-order chi connectivity index (χ1) is 19.6. The Hall–Kier alpha value is -5.01. The van der Waals surface area contributed by atoms with Crippen LogP contribution in [0.2, 0.25) is 0 Å². The van der Waals surface area contributed by atoms with Crippen LogP contribution in [0, 0.1) is 10.1 Å². The van der Waals surface area contributed by atoms with Crippen molar-refractivity contribution in [3.8, 4) is 0 Å². The lowest BCUT2D eigenvalue weighted by Gasteiger charge is -2.28. The van der Waals surface area contributed by atoms with Crippen molar-refractivity contribution in [1.29, 1.82) is 0 Å². The number of nitrogens with zero attached hydrogens (tertiary/aromatic N) is 4. The Bertz CT molecular complexity index is 1280. The highest BCUT2D eigenvalue weighted by molar-refractivity contribution is 5.99. The molecule has 2 atom stereocenters. The Morgan fingerprint density at radius 1 is 1.12 bits per heavy atom.